The number of Topliss-reactive ketones (excluding diaryl/α,β-unsaturated/α-hetero) is 1. The van der Waals surface area contributed by atoms with Gasteiger partial charge in [0.2, 0.25) is 0 Å². The third-order valence-electron chi connectivity index (χ3n) is 2.71. The van der Waals surface area contributed by atoms with E-state index in [4.69, 9.17) is 0 Å². The molecule has 0 unspecified atom stereocenters. The summed E-state index contributed by atoms with van der Waals surface area (Å²) in [5.41, 5.74) is 2.37. The average Bonchev–Trinajstić information content (AvgIpc) is 2.26. The van der Waals surface area contributed by atoms with E-state index in [-0.39, 0.29) is 5.92 Å². The summed E-state index contributed by atoms with van der Waals surface area (Å²) in [4.78, 5) is 11.5. The number of ketones is 1. The van der Waals surface area contributed by atoms with Gasteiger partial charge >= 0.3 is 0 Å². The number of benzene rings is 1. The fraction of sp³-hybridized carbons (Fsp3) is 0.533. The summed E-state index contributed by atoms with van der Waals surface area (Å²) in [7, 11) is 0. The van der Waals surface area contributed by atoms with Gasteiger partial charge in [0.05, 0.1) is 0 Å². The van der Waals surface area contributed by atoms with Crippen LogP contribution in [0.4, 0.5) is 5.69 Å². The predicted octanol–water partition coefficient (Wildman–Crippen LogP) is 3.66. The Morgan fingerprint density at radius 1 is 1.12 bits per heavy atom. The molecule has 0 aromatic heterocycles. The van der Waals surface area contributed by atoms with Crippen molar-refractivity contribution < 1.29 is 4.79 Å². The lowest BCUT2D eigenvalue weighted by Crippen LogP contribution is -2.10. The Morgan fingerprint density at radius 2 is 1.71 bits per heavy atom. The Kier molecular flexibility index (Phi) is 5.20. The minimum absolute atomic E-state index is 0.150. The van der Waals surface area contributed by atoms with Crippen molar-refractivity contribution in [3.8, 4) is 0 Å². The molecule has 0 saturated heterocycles. The highest BCUT2D eigenvalue weighted by Crippen LogP contribution is 2.13. The standard InChI is InChI=1S/C15H23NO/c1-11(2)15(17)10-7-13-5-8-14(9-6-13)16-12(3)4/h5-6,8-9,11-12,16H,7,10H2,1-4H3. The molecule has 17 heavy (non-hydrogen) atoms. The van der Waals surface area contributed by atoms with Gasteiger partial charge in [-0.15, -0.1) is 0 Å². The molecule has 0 aliphatic carbocycles. The molecule has 2 nitrogen and oxygen atoms in total. The van der Waals surface area contributed by atoms with E-state index in [1.807, 2.05) is 13.8 Å². The second-order valence-electron chi connectivity index (χ2n) is 5.12. The first-order chi connectivity index (χ1) is 7.99. The first kappa shape index (κ1) is 13.8. The quantitative estimate of drug-likeness (QED) is 0.812. The Balaban J connectivity index is 2.48. The van der Waals surface area contributed by atoms with Gasteiger partial charge in [-0.25, -0.2) is 0 Å². The molecule has 1 N–H and O–H groups in total. The molecule has 0 aliphatic rings. The van der Waals surface area contributed by atoms with E-state index >= 15 is 0 Å². The number of rotatable bonds is 6. The van der Waals surface area contributed by atoms with Crippen LogP contribution in [0.3, 0.4) is 0 Å². The molecule has 1 aromatic rings. The molecule has 1 aromatic carbocycles. The average molecular weight is 233 g/mol. The number of nitrogens with one attached hydrogen (secondary N) is 1. The number of aryl methyl sites for hydroxylation is 1. The van der Waals surface area contributed by atoms with Gasteiger partial charge in [-0.05, 0) is 38.0 Å². The minimum atomic E-state index is 0.150. The Hall–Kier alpha value is -1.31. The van der Waals surface area contributed by atoms with Gasteiger partial charge in [0.15, 0.2) is 0 Å². The third kappa shape index (κ3) is 5.03. The summed E-state index contributed by atoms with van der Waals surface area (Å²) in [6.07, 6.45) is 1.49. The topological polar surface area (TPSA) is 29.1 Å². The van der Waals surface area contributed by atoms with Crippen LogP contribution in [-0.4, -0.2) is 11.8 Å². The highest BCUT2D eigenvalue weighted by molar-refractivity contribution is 5.80. The van der Waals surface area contributed by atoms with Crippen LogP contribution in [0.15, 0.2) is 24.3 Å². The first-order valence-electron chi connectivity index (χ1n) is 6.37. The summed E-state index contributed by atoms with van der Waals surface area (Å²) in [6.45, 7) is 8.15. The van der Waals surface area contributed by atoms with Crippen molar-refractivity contribution in [2.75, 3.05) is 5.32 Å². The molecule has 0 spiro atoms. The van der Waals surface area contributed by atoms with Crippen molar-refractivity contribution in [1.82, 2.24) is 0 Å². The molecule has 2 heteroatoms. The second kappa shape index (κ2) is 6.43. The van der Waals surface area contributed by atoms with Crippen molar-refractivity contribution in [3.63, 3.8) is 0 Å². The smallest absolute Gasteiger partial charge is 0.135 e. The molecule has 1 rings (SSSR count). The Bertz CT molecular complexity index is 352. The third-order valence-corrected chi connectivity index (χ3v) is 2.71. The van der Waals surface area contributed by atoms with Crippen LogP contribution in [0, 0.1) is 5.92 Å². The van der Waals surface area contributed by atoms with E-state index in [1.54, 1.807) is 0 Å². The normalized spacial score (nSPS) is 10.9. The van der Waals surface area contributed by atoms with Crippen LogP contribution in [0.25, 0.3) is 0 Å². The number of hydrogen-bond acceptors (Lipinski definition) is 2. The summed E-state index contributed by atoms with van der Waals surface area (Å²) in [5.74, 6) is 0.492. The van der Waals surface area contributed by atoms with Gasteiger partial charge in [0.25, 0.3) is 0 Å². The van der Waals surface area contributed by atoms with Gasteiger partial charge in [-0.3, -0.25) is 4.79 Å². The monoisotopic (exact) mass is 233 g/mol. The Labute approximate surface area is 104 Å². The maximum absolute atomic E-state index is 11.5. The zero-order valence-corrected chi connectivity index (χ0v) is 11.3. The van der Waals surface area contributed by atoms with Crippen LogP contribution in [0.2, 0.25) is 0 Å². The maximum atomic E-state index is 11.5. The maximum Gasteiger partial charge on any atom is 0.135 e. The molecule has 0 bridgehead atoms. The van der Waals surface area contributed by atoms with Gasteiger partial charge in [-0.1, -0.05) is 26.0 Å². The second-order valence-corrected chi connectivity index (χ2v) is 5.12. The summed E-state index contributed by atoms with van der Waals surface area (Å²) in [6, 6.07) is 8.80. The fourth-order valence-corrected chi connectivity index (χ4v) is 1.66. The highest BCUT2D eigenvalue weighted by atomic mass is 16.1. The van der Waals surface area contributed by atoms with E-state index in [0.29, 0.717) is 18.2 Å². The molecule has 0 aliphatic heterocycles. The number of anilines is 1. The number of carbonyl (C=O) groups excluding carboxylic acids is 1. The van der Waals surface area contributed by atoms with Crippen molar-refractivity contribution in [2.24, 2.45) is 5.92 Å². The molecule has 0 fully saturated rings. The molecule has 94 valence electrons. The lowest BCUT2D eigenvalue weighted by molar-refractivity contribution is -0.121. The van der Waals surface area contributed by atoms with Crippen LogP contribution < -0.4 is 5.32 Å². The van der Waals surface area contributed by atoms with E-state index in [0.717, 1.165) is 12.1 Å². The molecule has 0 saturated carbocycles. The van der Waals surface area contributed by atoms with E-state index in [1.165, 1.54) is 5.56 Å². The van der Waals surface area contributed by atoms with Crippen LogP contribution >= 0.6 is 0 Å². The highest BCUT2D eigenvalue weighted by Gasteiger charge is 2.06. The van der Waals surface area contributed by atoms with Crippen molar-refractivity contribution >= 4 is 11.5 Å². The van der Waals surface area contributed by atoms with Crippen molar-refractivity contribution in [2.45, 2.75) is 46.6 Å². The van der Waals surface area contributed by atoms with Gasteiger partial charge in [0, 0.05) is 24.1 Å². The largest absolute Gasteiger partial charge is 0.383 e. The van der Waals surface area contributed by atoms with Gasteiger partial charge in [-0.2, -0.15) is 0 Å². The van der Waals surface area contributed by atoms with Crippen LogP contribution in [0.5, 0.6) is 0 Å². The van der Waals surface area contributed by atoms with Crippen LogP contribution in [-0.2, 0) is 11.2 Å². The Morgan fingerprint density at radius 3 is 2.18 bits per heavy atom. The molecule has 0 heterocycles. The van der Waals surface area contributed by atoms with E-state index in [2.05, 4.69) is 43.4 Å². The molecular formula is C15H23NO. The molecule has 0 radical (unpaired) electrons. The molecular weight excluding hydrogens is 210 g/mol. The van der Waals surface area contributed by atoms with Crippen molar-refractivity contribution in [3.05, 3.63) is 29.8 Å². The molecule has 0 amide bonds. The van der Waals surface area contributed by atoms with E-state index in [9.17, 15) is 4.79 Å². The lowest BCUT2D eigenvalue weighted by atomic mass is 10.0. The zero-order chi connectivity index (χ0) is 12.8. The molecule has 0 atom stereocenters. The number of hydrogen-bond donors (Lipinski definition) is 1. The van der Waals surface area contributed by atoms with Gasteiger partial charge in [0.1, 0.15) is 5.78 Å². The van der Waals surface area contributed by atoms with Crippen LogP contribution in [0.1, 0.15) is 39.7 Å². The number of carbonyl (C=O) groups is 1. The predicted molar refractivity (Wildman–Crippen MR) is 73.4 cm³/mol. The van der Waals surface area contributed by atoms with E-state index < -0.39 is 0 Å². The van der Waals surface area contributed by atoms with Gasteiger partial charge < -0.3 is 5.32 Å². The summed E-state index contributed by atoms with van der Waals surface area (Å²) >= 11 is 0. The summed E-state index contributed by atoms with van der Waals surface area (Å²) < 4.78 is 0. The summed E-state index contributed by atoms with van der Waals surface area (Å²) in [5, 5.41) is 3.35. The first-order valence-corrected chi connectivity index (χ1v) is 6.37. The SMILES string of the molecule is CC(C)Nc1ccc(CCC(=O)C(C)C)cc1. The minimum Gasteiger partial charge on any atom is -0.383 e. The lowest BCUT2D eigenvalue weighted by Gasteiger charge is -2.10. The van der Waals surface area contributed by atoms with Crippen molar-refractivity contribution in [1.29, 1.82) is 0 Å². The zero-order valence-electron chi connectivity index (χ0n) is 11.3. The fourth-order valence-electron chi connectivity index (χ4n) is 1.66.